The lowest BCUT2D eigenvalue weighted by Gasteiger charge is -2.27. The maximum atomic E-state index is 11.7. The summed E-state index contributed by atoms with van der Waals surface area (Å²) in [6, 6.07) is 19.4. The Morgan fingerprint density at radius 3 is 2.54 bits per heavy atom. The highest BCUT2D eigenvalue weighted by molar-refractivity contribution is 5.95. The van der Waals surface area contributed by atoms with E-state index in [9.17, 15) is 4.79 Å². The van der Waals surface area contributed by atoms with E-state index in [1.807, 2.05) is 60.7 Å². The van der Waals surface area contributed by atoms with E-state index in [2.05, 4.69) is 10.2 Å². The van der Waals surface area contributed by atoms with Crippen molar-refractivity contribution in [3.05, 3.63) is 66.2 Å². The summed E-state index contributed by atoms with van der Waals surface area (Å²) in [6.07, 6.45) is 0. The zero-order valence-corrected chi connectivity index (χ0v) is 15.8. The van der Waals surface area contributed by atoms with Crippen molar-refractivity contribution in [3.8, 4) is 11.3 Å². The van der Waals surface area contributed by atoms with Crippen molar-refractivity contribution in [2.45, 2.75) is 6.92 Å². The highest BCUT2D eigenvalue weighted by Crippen LogP contribution is 2.25. The van der Waals surface area contributed by atoms with Crippen LogP contribution in [0.3, 0.4) is 0 Å². The van der Waals surface area contributed by atoms with Gasteiger partial charge in [0, 0.05) is 36.0 Å². The normalized spacial score (nSPS) is 14.0. The fourth-order valence-corrected chi connectivity index (χ4v) is 3.12. The van der Waals surface area contributed by atoms with Gasteiger partial charge in [-0.3, -0.25) is 4.79 Å². The molecule has 2 heterocycles. The maximum Gasteiger partial charge on any atom is 0.228 e. The van der Waals surface area contributed by atoms with Crippen LogP contribution >= 0.6 is 0 Å². The van der Waals surface area contributed by atoms with Crippen molar-refractivity contribution < 1.29 is 9.53 Å². The van der Waals surface area contributed by atoms with Gasteiger partial charge in [-0.15, -0.1) is 0 Å². The molecule has 1 saturated heterocycles. The summed E-state index contributed by atoms with van der Waals surface area (Å²) in [6.45, 7) is 4.42. The van der Waals surface area contributed by atoms with Gasteiger partial charge in [0.25, 0.3) is 0 Å². The molecule has 142 valence electrons. The van der Waals surface area contributed by atoms with E-state index in [1.54, 1.807) is 6.92 Å². The molecule has 0 unspecified atom stereocenters. The molecule has 1 fully saturated rings. The lowest BCUT2D eigenvalue weighted by molar-refractivity contribution is 0.101. The summed E-state index contributed by atoms with van der Waals surface area (Å²) in [7, 11) is 0. The second kappa shape index (κ2) is 8.19. The number of carbonyl (C=O) groups is 1. The van der Waals surface area contributed by atoms with Crippen LogP contribution in [-0.2, 0) is 4.74 Å². The molecule has 0 atom stereocenters. The number of rotatable bonds is 5. The molecule has 3 aromatic rings. The second-order valence-corrected chi connectivity index (χ2v) is 6.67. The Morgan fingerprint density at radius 2 is 1.79 bits per heavy atom. The molecule has 1 aliphatic rings. The molecule has 2 aromatic carbocycles. The third-order valence-corrected chi connectivity index (χ3v) is 4.62. The van der Waals surface area contributed by atoms with Crippen LogP contribution < -0.4 is 10.2 Å². The predicted molar refractivity (Wildman–Crippen MR) is 110 cm³/mol. The van der Waals surface area contributed by atoms with Gasteiger partial charge in [0.1, 0.15) is 5.82 Å². The largest absolute Gasteiger partial charge is 0.378 e. The van der Waals surface area contributed by atoms with Gasteiger partial charge in [-0.25, -0.2) is 4.98 Å². The smallest absolute Gasteiger partial charge is 0.228 e. The Hall–Kier alpha value is -3.25. The molecule has 4 rings (SSSR count). The number of morpholine rings is 1. The molecule has 6 heteroatoms. The predicted octanol–water partition coefficient (Wildman–Crippen LogP) is 3.93. The summed E-state index contributed by atoms with van der Waals surface area (Å²) in [5.74, 6) is 1.40. The average Bonchev–Trinajstić information content (AvgIpc) is 2.75. The van der Waals surface area contributed by atoms with Crippen molar-refractivity contribution in [3.63, 3.8) is 0 Å². The van der Waals surface area contributed by atoms with Crippen LogP contribution in [0.1, 0.15) is 17.3 Å². The van der Waals surface area contributed by atoms with Crippen molar-refractivity contribution in [2.75, 3.05) is 36.5 Å². The minimum Gasteiger partial charge on any atom is -0.378 e. The van der Waals surface area contributed by atoms with E-state index in [-0.39, 0.29) is 5.78 Å². The summed E-state index contributed by atoms with van der Waals surface area (Å²) >= 11 is 0. The molecule has 0 spiro atoms. The number of aromatic nitrogens is 2. The minimum absolute atomic E-state index is 0.0327. The molecular weight excluding hydrogens is 352 g/mol. The lowest BCUT2D eigenvalue weighted by Crippen LogP contribution is -2.37. The fourth-order valence-electron chi connectivity index (χ4n) is 3.12. The summed E-state index contributed by atoms with van der Waals surface area (Å²) in [4.78, 5) is 23.3. The molecule has 0 saturated carbocycles. The van der Waals surface area contributed by atoms with E-state index >= 15 is 0 Å². The van der Waals surface area contributed by atoms with Crippen LogP contribution in [0.5, 0.6) is 0 Å². The standard InChI is InChI=1S/C22H22N4O2/c1-16(27)18-8-5-9-19(14-18)23-21-15-20(17-6-3-2-4-7-17)24-22(25-21)26-10-12-28-13-11-26/h2-9,14-15H,10-13H2,1H3,(H,23,24,25). The molecule has 0 bridgehead atoms. The number of hydrogen-bond donors (Lipinski definition) is 1. The summed E-state index contributed by atoms with van der Waals surface area (Å²) < 4.78 is 5.45. The first-order chi connectivity index (χ1) is 13.7. The molecule has 6 nitrogen and oxygen atoms in total. The molecule has 1 aromatic heterocycles. The van der Waals surface area contributed by atoms with Gasteiger partial charge < -0.3 is 15.0 Å². The number of ether oxygens (including phenoxy) is 1. The van der Waals surface area contributed by atoms with Crippen LogP contribution in [0.25, 0.3) is 11.3 Å². The second-order valence-electron chi connectivity index (χ2n) is 6.67. The highest BCUT2D eigenvalue weighted by Gasteiger charge is 2.16. The molecular formula is C22H22N4O2. The number of ketones is 1. The number of carbonyl (C=O) groups excluding carboxylic acids is 1. The van der Waals surface area contributed by atoms with Crippen LogP contribution in [0.15, 0.2) is 60.7 Å². The lowest BCUT2D eigenvalue weighted by atomic mass is 10.1. The van der Waals surface area contributed by atoms with Crippen molar-refractivity contribution >= 4 is 23.2 Å². The van der Waals surface area contributed by atoms with Crippen LogP contribution in [0.4, 0.5) is 17.5 Å². The number of Topliss-reactive ketones (excluding diaryl/α,β-unsaturated/α-hetero) is 1. The number of hydrogen-bond acceptors (Lipinski definition) is 6. The summed E-state index contributed by atoms with van der Waals surface area (Å²) in [5.41, 5.74) is 3.36. The van der Waals surface area contributed by atoms with Gasteiger partial charge in [0.05, 0.1) is 18.9 Å². The molecule has 0 aliphatic carbocycles. The van der Waals surface area contributed by atoms with E-state index < -0.39 is 0 Å². The summed E-state index contributed by atoms with van der Waals surface area (Å²) in [5, 5.41) is 3.33. The van der Waals surface area contributed by atoms with E-state index in [0.29, 0.717) is 30.5 Å². The van der Waals surface area contributed by atoms with Crippen LogP contribution in [0.2, 0.25) is 0 Å². The van der Waals surface area contributed by atoms with Crippen LogP contribution in [0, 0.1) is 0 Å². The van der Waals surface area contributed by atoms with Gasteiger partial charge in [0.15, 0.2) is 5.78 Å². The van der Waals surface area contributed by atoms with E-state index in [1.165, 1.54) is 0 Å². The van der Waals surface area contributed by atoms with Gasteiger partial charge in [-0.05, 0) is 19.1 Å². The fraction of sp³-hybridized carbons (Fsp3) is 0.227. The quantitative estimate of drug-likeness (QED) is 0.683. The van der Waals surface area contributed by atoms with Crippen molar-refractivity contribution in [1.82, 2.24) is 9.97 Å². The number of benzene rings is 2. The van der Waals surface area contributed by atoms with Crippen molar-refractivity contribution in [2.24, 2.45) is 0 Å². The van der Waals surface area contributed by atoms with Crippen LogP contribution in [-0.4, -0.2) is 42.1 Å². The molecule has 1 N–H and O–H groups in total. The SMILES string of the molecule is CC(=O)c1cccc(Nc2cc(-c3ccccc3)nc(N3CCOCC3)n2)c1. The molecule has 28 heavy (non-hydrogen) atoms. The van der Waals surface area contributed by atoms with E-state index in [0.717, 1.165) is 30.0 Å². The Morgan fingerprint density at radius 1 is 1.00 bits per heavy atom. The Kier molecular flexibility index (Phi) is 5.30. The van der Waals surface area contributed by atoms with E-state index in [4.69, 9.17) is 14.7 Å². The topological polar surface area (TPSA) is 67.4 Å². The Bertz CT molecular complexity index is 969. The Balaban J connectivity index is 1.71. The molecule has 0 radical (unpaired) electrons. The zero-order chi connectivity index (χ0) is 19.3. The van der Waals surface area contributed by atoms with Gasteiger partial charge in [-0.1, -0.05) is 42.5 Å². The Labute approximate surface area is 164 Å². The number of anilines is 3. The first kappa shape index (κ1) is 18.1. The first-order valence-electron chi connectivity index (χ1n) is 9.34. The van der Waals surface area contributed by atoms with Gasteiger partial charge >= 0.3 is 0 Å². The highest BCUT2D eigenvalue weighted by atomic mass is 16.5. The van der Waals surface area contributed by atoms with Gasteiger partial charge in [-0.2, -0.15) is 4.98 Å². The third kappa shape index (κ3) is 4.18. The third-order valence-electron chi connectivity index (χ3n) is 4.62. The molecule has 0 amide bonds. The van der Waals surface area contributed by atoms with Crippen molar-refractivity contribution in [1.29, 1.82) is 0 Å². The zero-order valence-electron chi connectivity index (χ0n) is 15.8. The molecule has 1 aliphatic heterocycles. The number of nitrogens with zero attached hydrogens (tertiary/aromatic N) is 3. The van der Waals surface area contributed by atoms with Gasteiger partial charge in [0.2, 0.25) is 5.95 Å². The maximum absolute atomic E-state index is 11.7. The number of nitrogens with one attached hydrogen (secondary N) is 1. The average molecular weight is 374 g/mol. The monoisotopic (exact) mass is 374 g/mol. The first-order valence-corrected chi connectivity index (χ1v) is 9.34. The minimum atomic E-state index is 0.0327.